The quantitative estimate of drug-likeness (QED) is 0.103. The third-order valence-electron chi connectivity index (χ3n) is 7.45. The molecule has 0 bridgehead atoms. The molecule has 0 spiro atoms. The van der Waals surface area contributed by atoms with E-state index in [0.29, 0.717) is 0 Å². The van der Waals surface area contributed by atoms with E-state index in [1.54, 1.807) is 0 Å². The summed E-state index contributed by atoms with van der Waals surface area (Å²) in [5, 5.41) is 4.31. The number of nitrogens with zero attached hydrogens (tertiary/aromatic N) is 1. The molecule has 0 aliphatic heterocycles. The maximum absolute atomic E-state index is 7.25. The molecule has 5 aromatic rings. The van der Waals surface area contributed by atoms with Crippen LogP contribution in [0.1, 0.15) is 38.9 Å². The maximum Gasteiger partial charge on any atom is 0.102 e. The molecule has 4 heteroatoms. The van der Waals surface area contributed by atoms with Crippen LogP contribution < -0.4 is 15.9 Å². The Morgan fingerprint density at radius 1 is 0.578 bits per heavy atom. The number of hydrogen-bond donors (Lipinski definition) is 0. The molecule has 0 aliphatic rings. The van der Waals surface area contributed by atoms with Crippen molar-refractivity contribution in [3.8, 4) is 29.6 Å². The second-order valence-corrected chi connectivity index (χ2v) is 12.6. The first-order chi connectivity index (χ1) is 21.3. The number of nitroso groups, excluding NO2 is 1. The van der Waals surface area contributed by atoms with Gasteiger partial charge in [0, 0.05) is 26.0 Å². The number of hydrogen-bond acceptors (Lipinski definition) is 1. The number of aryl methyl sites for hydroxylation is 1. The first kappa shape index (κ1) is 38.6. The van der Waals surface area contributed by atoms with Crippen molar-refractivity contribution < 1.29 is 20.4 Å². The molecule has 0 amide bonds. The molecule has 0 unspecified atom stereocenters. The van der Waals surface area contributed by atoms with Gasteiger partial charge in [-0.3, -0.25) is 5.92 Å². The Kier molecular flexibility index (Phi) is 18.3. The fourth-order valence-corrected chi connectivity index (χ4v) is 7.10. The van der Waals surface area contributed by atoms with Crippen molar-refractivity contribution in [3.05, 3.63) is 171 Å². The van der Waals surface area contributed by atoms with Crippen LogP contribution in [0.4, 0.5) is 0 Å². The van der Waals surface area contributed by atoms with Gasteiger partial charge in [-0.1, -0.05) is 113 Å². The molecule has 5 rings (SSSR count). The van der Waals surface area contributed by atoms with Crippen molar-refractivity contribution in [3.63, 3.8) is 0 Å². The smallest absolute Gasteiger partial charge is 0.102 e. The third kappa shape index (κ3) is 12.3. The summed E-state index contributed by atoms with van der Waals surface area (Å²) in [6.07, 6.45) is 6.52. The van der Waals surface area contributed by atoms with E-state index in [2.05, 4.69) is 149 Å². The van der Waals surface area contributed by atoms with Crippen LogP contribution in [0.15, 0.2) is 115 Å². The Bertz CT molecular complexity index is 1570. The van der Waals surface area contributed by atoms with Crippen molar-refractivity contribution in [2.45, 2.75) is 41.5 Å². The number of benzene rings is 4. The van der Waals surface area contributed by atoms with Gasteiger partial charge in [0.05, 0.1) is 7.92 Å². The standard InChI is InChI=1S/C18H15P.C13H7.C10H15.NO.Re/c1-4-10-16(11-5-1)19(17-12-6-2-7-13-17)18-14-8-3-9-15-18;1-3-4-5-6-7-13-10-8-12(2)9-11-13;1-6-7(2)9(4)10(5)8(6)3;1-2;/h1-15H;8-11H,2H3;1-5H3;;/q;3*-1;/p+1. The molecule has 227 valence electrons. The minimum Gasteiger partial charge on any atom is -0.577 e. The molecule has 2 nitrogen and oxygen atoms in total. The first-order valence-corrected chi connectivity index (χ1v) is 15.7. The van der Waals surface area contributed by atoms with Crippen LogP contribution >= 0.6 is 7.92 Å². The fourth-order valence-electron chi connectivity index (χ4n) is 4.52. The summed E-state index contributed by atoms with van der Waals surface area (Å²) in [4.78, 5) is 7.25. The Balaban J connectivity index is 0.000000343. The van der Waals surface area contributed by atoms with E-state index >= 15 is 0 Å². The Morgan fingerprint density at radius 2 is 0.956 bits per heavy atom. The van der Waals surface area contributed by atoms with Crippen LogP contribution in [-0.2, 0) is 20.4 Å². The van der Waals surface area contributed by atoms with Crippen molar-refractivity contribution in [2.24, 2.45) is 0 Å². The average molecular weight is 778 g/mol. The zero-order valence-electron chi connectivity index (χ0n) is 26.7. The molecule has 0 saturated carbocycles. The van der Waals surface area contributed by atoms with Crippen molar-refractivity contribution in [1.29, 1.82) is 0 Å². The molecule has 1 radical (unpaired) electrons. The summed E-state index contributed by atoms with van der Waals surface area (Å²) in [5.41, 5.74) is 15.2. The molecule has 0 fully saturated rings. The molecule has 0 saturated heterocycles. The predicted octanol–water partition coefficient (Wildman–Crippen LogP) is 8.38. The second-order valence-electron chi connectivity index (χ2n) is 10.1. The van der Waals surface area contributed by atoms with Gasteiger partial charge >= 0.3 is 0 Å². The van der Waals surface area contributed by atoms with Crippen LogP contribution in [0.3, 0.4) is 0 Å². The Hall–Kier alpha value is -4.40. The molecular weight excluding hydrogens is 740 g/mol. The van der Waals surface area contributed by atoms with Gasteiger partial charge in [0.1, 0.15) is 15.9 Å². The van der Waals surface area contributed by atoms with Gasteiger partial charge in [-0.05, 0) is 61.4 Å². The molecule has 45 heavy (non-hydrogen) atoms. The van der Waals surface area contributed by atoms with Crippen LogP contribution in [-0.4, -0.2) is 0 Å². The summed E-state index contributed by atoms with van der Waals surface area (Å²) in [5.74, 6) is 12.2. The summed E-state index contributed by atoms with van der Waals surface area (Å²) in [7, 11) is -0.877. The van der Waals surface area contributed by atoms with E-state index in [-0.39, 0.29) is 20.4 Å². The summed E-state index contributed by atoms with van der Waals surface area (Å²) < 4.78 is 0. The summed E-state index contributed by atoms with van der Waals surface area (Å²) in [6.45, 7) is 13.0. The van der Waals surface area contributed by atoms with Crippen LogP contribution in [0.2, 0.25) is 0 Å². The van der Waals surface area contributed by atoms with Gasteiger partial charge in [0.25, 0.3) is 0 Å². The van der Waals surface area contributed by atoms with Gasteiger partial charge in [-0.2, -0.15) is 27.8 Å². The summed E-state index contributed by atoms with van der Waals surface area (Å²) in [6, 6.07) is 40.4. The van der Waals surface area contributed by atoms with Gasteiger partial charge in [-0.15, -0.1) is 5.92 Å². The van der Waals surface area contributed by atoms with Crippen molar-refractivity contribution in [2.75, 3.05) is 0 Å². The molecule has 0 heterocycles. The normalized spacial score (nSPS) is 8.93. The van der Waals surface area contributed by atoms with Gasteiger partial charge in [-0.25, -0.2) is 5.92 Å². The molecule has 0 aliphatic carbocycles. The first-order valence-electron chi connectivity index (χ1n) is 14.2. The minimum atomic E-state index is -0.877. The largest absolute Gasteiger partial charge is 0.577 e. The van der Waals surface area contributed by atoms with Crippen LogP contribution in [0.25, 0.3) is 5.59 Å². The third-order valence-corrected chi connectivity index (χ3v) is 10.2. The monoisotopic (exact) mass is 778 g/mol. The average Bonchev–Trinajstić information content (AvgIpc) is 3.24. The SMILES string of the molecule is Cc1c(C)c(C)[c-](C)c1C.[C-]#CC#CC#Cc1ccc(C)cc1.[N-]=O.[Re].c1ccc([PH+](c2ccccc2)c2ccccc2)cc1. The molecule has 0 atom stereocenters. The second kappa shape index (κ2) is 21.3. The summed E-state index contributed by atoms with van der Waals surface area (Å²) >= 11 is 0. The number of rotatable bonds is 3. The zero-order valence-corrected chi connectivity index (χ0v) is 30.4. The van der Waals surface area contributed by atoms with Crippen LogP contribution in [0.5, 0.6) is 0 Å². The topological polar surface area (TPSA) is 39.4 Å². The maximum atomic E-state index is 7.25. The van der Waals surface area contributed by atoms with E-state index < -0.39 is 7.92 Å². The fraction of sp³-hybridized carbons (Fsp3) is 0.146. The molecule has 5 aromatic carbocycles. The van der Waals surface area contributed by atoms with Crippen molar-refractivity contribution >= 4 is 23.8 Å². The van der Waals surface area contributed by atoms with E-state index in [4.69, 9.17) is 16.9 Å². The van der Waals surface area contributed by atoms with Gasteiger partial charge in [0.2, 0.25) is 0 Å². The molecule has 0 aromatic heterocycles. The van der Waals surface area contributed by atoms with Gasteiger partial charge in [0.15, 0.2) is 0 Å². The zero-order chi connectivity index (χ0) is 32.3. The Morgan fingerprint density at radius 3 is 1.27 bits per heavy atom. The molecule has 0 N–H and O–H groups in total. The van der Waals surface area contributed by atoms with Crippen molar-refractivity contribution in [1.82, 2.24) is 0 Å². The van der Waals surface area contributed by atoms with E-state index in [0.717, 1.165) is 5.56 Å². The van der Waals surface area contributed by atoms with E-state index in [1.807, 2.05) is 37.1 Å². The predicted molar refractivity (Wildman–Crippen MR) is 192 cm³/mol. The van der Waals surface area contributed by atoms with E-state index in [1.165, 1.54) is 49.3 Å². The van der Waals surface area contributed by atoms with E-state index in [9.17, 15) is 0 Å². The van der Waals surface area contributed by atoms with Gasteiger partial charge < -0.3 is 16.9 Å². The van der Waals surface area contributed by atoms with Crippen LogP contribution in [0, 0.1) is 82.5 Å². The Labute approximate surface area is 285 Å². The minimum absolute atomic E-state index is 0. The molecular formula is C41H38NOPRe-2.